The van der Waals surface area contributed by atoms with Gasteiger partial charge in [0.15, 0.2) is 11.5 Å². The maximum atomic E-state index is 13.3. The quantitative estimate of drug-likeness (QED) is 0.631. The van der Waals surface area contributed by atoms with Crippen molar-refractivity contribution in [2.75, 3.05) is 4.90 Å². The Labute approximate surface area is 181 Å². The minimum atomic E-state index is -0.695. The van der Waals surface area contributed by atoms with Crippen molar-refractivity contribution >= 4 is 17.4 Å². The van der Waals surface area contributed by atoms with E-state index in [0.29, 0.717) is 12.1 Å². The number of rotatable bonds is 6. The summed E-state index contributed by atoms with van der Waals surface area (Å²) in [7, 11) is 0. The highest BCUT2D eigenvalue weighted by Crippen LogP contribution is 2.42. The number of anilines is 1. The highest BCUT2D eigenvalue weighted by molar-refractivity contribution is 6.16. The fourth-order valence-corrected chi connectivity index (χ4v) is 4.02. The van der Waals surface area contributed by atoms with Crippen LogP contribution in [0.2, 0.25) is 0 Å². The number of hydrogen-bond acceptors (Lipinski definition) is 4. The molecule has 156 valence electrons. The Morgan fingerprint density at radius 1 is 1.03 bits per heavy atom. The number of amides is 1. The molecule has 31 heavy (non-hydrogen) atoms. The number of carbonyl (C=O) groups excluding carboxylic acids is 2. The molecule has 0 saturated heterocycles. The van der Waals surface area contributed by atoms with E-state index >= 15 is 0 Å². The van der Waals surface area contributed by atoms with Crippen LogP contribution < -0.4 is 4.90 Å². The number of nitrogens with zero attached hydrogens (tertiary/aromatic N) is 2. The number of ketones is 1. The number of aliphatic hydroxyl groups is 1. The van der Waals surface area contributed by atoms with Crippen LogP contribution in [0.4, 0.5) is 5.69 Å². The Bertz CT molecular complexity index is 1150. The van der Waals surface area contributed by atoms with E-state index < -0.39 is 17.7 Å². The van der Waals surface area contributed by atoms with Gasteiger partial charge in [-0.25, -0.2) is 0 Å². The summed E-state index contributed by atoms with van der Waals surface area (Å²) in [6.07, 6.45) is 4.00. The Balaban J connectivity index is 1.75. The van der Waals surface area contributed by atoms with Gasteiger partial charge in [-0.1, -0.05) is 42.5 Å². The van der Waals surface area contributed by atoms with Gasteiger partial charge >= 0.3 is 0 Å². The molecule has 1 aliphatic heterocycles. The van der Waals surface area contributed by atoms with E-state index in [-0.39, 0.29) is 17.8 Å². The van der Waals surface area contributed by atoms with E-state index in [1.54, 1.807) is 24.5 Å². The molecule has 5 heteroatoms. The summed E-state index contributed by atoms with van der Waals surface area (Å²) in [4.78, 5) is 32.1. The second-order valence-electron chi connectivity index (χ2n) is 7.82. The third-order valence-corrected chi connectivity index (χ3v) is 5.64. The molecule has 0 fully saturated rings. The molecule has 5 nitrogen and oxygen atoms in total. The summed E-state index contributed by atoms with van der Waals surface area (Å²) in [6.45, 7) is 3.86. The van der Waals surface area contributed by atoms with Crippen LogP contribution in [-0.2, 0) is 16.0 Å². The standard InChI is InChI=1S/C26H24N2O3/c1-17-8-9-18(2)21(16-17)28-24(20-12-14-27-15-13-20)23(25(30)26(28)31)22(29)11-10-19-6-4-3-5-7-19/h3-9,12-16,24,30H,10-11H2,1-2H3. The second kappa shape index (κ2) is 8.56. The van der Waals surface area contributed by atoms with Gasteiger partial charge in [0.2, 0.25) is 0 Å². The van der Waals surface area contributed by atoms with E-state index in [0.717, 1.165) is 22.3 Å². The minimum Gasteiger partial charge on any atom is -0.503 e. The predicted molar refractivity (Wildman–Crippen MR) is 120 cm³/mol. The monoisotopic (exact) mass is 412 g/mol. The number of benzene rings is 2. The van der Waals surface area contributed by atoms with Crippen LogP contribution in [0, 0.1) is 13.8 Å². The zero-order chi connectivity index (χ0) is 22.0. The first-order valence-electron chi connectivity index (χ1n) is 10.3. The maximum Gasteiger partial charge on any atom is 0.294 e. The summed E-state index contributed by atoms with van der Waals surface area (Å²) in [5.41, 5.74) is 4.48. The van der Waals surface area contributed by atoms with Crippen LogP contribution in [0.5, 0.6) is 0 Å². The summed E-state index contributed by atoms with van der Waals surface area (Å²) in [5, 5.41) is 10.8. The lowest BCUT2D eigenvalue weighted by Crippen LogP contribution is -2.31. The van der Waals surface area contributed by atoms with Gasteiger partial charge < -0.3 is 5.11 Å². The number of hydrogen-bond donors (Lipinski definition) is 1. The molecular formula is C26H24N2O3. The van der Waals surface area contributed by atoms with E-state index in [4.69, 9.17) is 0 Å². The molecule has 1 atom stereocenters. The number of aliphatic hydroxyl groups excluding tert-OH is 1. The van der Waals surface area contributed by atoms with Gasteiger partial charge in [0, 0.05) is 24.5 Å². The molecule has 0 spiro atoms. The van der Waals surface area contributed by atoms with Crippen molar-refractivity contribution in [2.24, 2.45) is 0 Å². The summed E-state index contributed by atoms with van der Waals surface area (Å²) >= 11 is 0. The van der Waals surface area contributed by atoms with Gasteiger partial charge in [-0.3, -0.25) is 19.5 Å². The zero-order valence-corrected chi connectivity index (χ0v) is 17.6. The van der Waals surface area contributed by atoms with Crippen LogP contribution in [0.3, 0.4) is 0 Å². The summed E-state index contributed by atoms with van der Waals surface area (Å²) < 4.78 is 0. The molecular weight excluding hydrogens is 388 g/mol. The molecule has 2 heterocycles. The highest BCUT2D eigenvalue weighted by atomic mass is 16.3. The van der Waals surface area contributed by atoms with Gasteiger partial charge in [0.25, 0.3) is 5.91 Å². The van der Waals surface area contributed by atoms with E-state index in [9.17, 15) is 14.7 Å². The Hall–Kier alpha value is -3.73. The molecule has 3 aromatic rings. The smallest absolute Gasteiger partial charge is 0.294 e. The molecule has 0 bridgehead atoms. The van der Waals surface area contributed by atoms with Crippen LogP contribution in [0.1, 0.15) is 34.7 Å². The van der Waals surface area contributed by atoms with Crippen LogP contribution >= 0.6 is 0 Å². The third kappa shape index (κ3) is 3.99. The normalized spacial score (nSPS) is 16.1. The lowest BCUT2D eigenvalue weighted by molar-refractivity contribution is -0.118. The molecule has 1 unspecified atom stereocenters. The highest BCUT2D eigenvalue weighted by Gasteiger charge is 2.44. The summed E-state index contributed by atoms with van der Waals surface area (Å²) in [5.74, 6) is -1.26. The molecule has 1 amide bonds. The fourth-order valence-electron chi connectivity index (χ4n) is 4.02. The Morgan fingerprint density at radius 3 is 2.45 bits per heavy atom. The molecule has 0 saturated carbocycles. The first-order valence-corrected chi connectivity index (χ1v) is 10.3. The predicted octanol–water partition coefficient (Wildman–Crippen LogP) is 4.80. The third-order valence-electron chi connectivity index (χ3n) is 5.64. The van der Waals surface area contributed by atoms with Crippen molar-refractivity contribution in [3.8, 4) is 0 Å². The number of Topliss-reactive ketones (excluding diaryl/α,β-unsaturated/α-hetero) is 1. The van der Waals surface area contributed by atoms with Crippen molar-refractivity contribution in [3.63, 3.8) is 0 Å². The van der Waals surface area contributed by atoms with Crippen molar-refractivity contribution in [2.45, 2.75) is 32.7 Å². The van der Waals surface area contributed by atoms with Gasteiger partial charge in [-0.2, -0.15) is 0 Å². The second-order valence-corrected chi connectivity index (χ2v) is 7.82. The Morgan fingerprint density at radius 2 is 1.74 bits per heavy atom. The first kappa shape index (κ1) is 20.5. The van der Waals surface area contributed by atoms with Crippen molar-refractivity contribution in [1.82, 2.24) is 4.98 Å². The number of carbonyl (C=O) groups is 2. The van der Waals surface area contributed by atoms with Gasteiger partial charge in [0.05, 0.1) is 11.6 Å². The number of aromatic nitrogens is 1. The zero-order valence-electron chi connectivity index (χ0n) is 17.6. The fraction of sp³-hybridized carbons (Fsp3) is 0.192. The molecule has 1 aliphatic rings. The average Bonchev–Trinajstić information content (AvgIpc) is 3.06. The van der Waals surface area contributed by atoms with E-state index in [1.807, 2.05) is 62.4 Å². The largest absolute Gasteiger partial charge is 0.503 e. The minimum absolute atomic E-state index is 0.146. The van der Waals surface area contributed by atoms with E-state index in [2.05, 4.69) is 4.98 Å². The molecule has 2 aromatic carbocycles. The van der Waals surface area contributed by atoms with Crippen molar-refractivity contribution in [1.29, 1.82) is 0 Å². The topological polar surface area (TPSA) is 70.5 Å². The summed E-state index contributed by atoms with van der Waals surface area (Å²) in [6, 6.07) is 18.4. The number of aryl methyl sites for hydroxylation is 3. The van der Waals surface area contributed by atoms with Gasteiger partial charge in [-0.15, -0.1) is 0 Å². The lowest BCUT2D eigenvalue weighted by atomic mass is 9.93. The molecule has 0 radical (unpaired) electrons. The van der Waals surface area contributed by atoms with Crippen LogP contribution in [-0.4, -0.2) is 21.8 Å². The molecule has 1 aromatic heterocycles. The molecule has 0 aliphatic carbocycles. The maximum absolute atomic E-state index is 13.3. The first-order chi connectivity index (χ1) is 15.0. The van der Waals surface area contributed by atoms with Gasteiger partial charge in [0.1, 0.15) is 0 Å². The lowest BCUT2D eigenvalue weighted by Gasteiger charge is -2.28. The van der Waals surface area contributed by atoms with Crippen molar-refractivity contribution in [3.05, 3.63) is 107 Å². The van der Waals surface area contributed by atoms with Crippen molar-refractivity contribution < 1.29 is 14.7 Å². The van der Waals surface area contributed by atoms with E-state index in [1.165, 1.54) is 4.90 Å². The average molecular weight is 412 g/mol. The molecule has 1 N–H and O–H groups in total. The van der Waals surface area contributed by atoms with Crippen LogP contribution in [0.15, 0.2) is 84.4 Å². The van der Waals surface area contributed by atoms with Gasteiger partial charge in [-0.05, 0) is 60.7 Å². The number of pyridine rings is 1. The molecule has 4 rings (SSSR count). The Kier molecular flexibility index (Phi) is 5.67. The van der Waals surface area contributed by atoms with Crippen LogP contribution in [0.25, 0.3) is 0 Å². The SMILES string of the molecule is Cc1ccc(C)c(N2C(=O)C(O)=C(C(=O)CCc3ccccc3)C2c2ccncc2)c1.